The second kappa shape index (κ2) is 6.02. The lowest BCUT2D eigenvalue weighted by Gasteiger charge is -2.25. The number of anilines is 2. The fraction of sp³-hybridized carbons (Fsp3) is 0.360. The lowest BCUT2D eigenvalue weighted by molar-refractivity contribution is 0.632. The zero-order chi connectivity index (χ0) is 19.4. The molecule has 2 heteroatoms. The highest BCUT2D eigenvalue weighted by molar-refractivity contribution is 5.71. The fourth-order valence-electron chi connectivity index (χ4n) is 5.03. The summed E-state index contributed by atoms with van der Waals surface area (Å²) in [5, 5.41) is 0. The quantitative estimate of drug-likeness (QED) is 0.649. The first-order chi connectivity index (χ1) is 12.8. The van der Waals surface area contributed by atoms with E-state index in [9.17, 15) is 0 Å². The van der Waals surface area contributed by atoms with E-state index in [1.54, 1.807) is 0 Å². The monoisotopic (exact) mass is 358 g/mol. The predicted molar refractivity (Wildman–Crippen MR) is 117 cm³/mol. The molecule has 2 nitrogen and oxygen atoms in total. The van der Waals surface area contributed by atoms with Gasteiger partial charge in [0.05, 0.1) is 0 Å². The van der Waals surface area contributed by atoms with Gasteiger partial charge in [0.1, 0.15) is 0 Å². The Morgan fingerprint density at radius 1 is 0.667 bits per heavy atom. The molecule has 0 atom stereocenters. The van der Waals surface area contributed by atoms with E-state index in [1.807, 2.05) is 0 Å². The van der Waals surface area contributed by atoms with Crippen LogP contribution in [-0.2, 0) is 10.8 Å². The molecule has 2 heterocycles. The first kappa shape index (κ1) is 17.9. The van der Waals surface area contributed by atoms with Crippen LogP contribution in [0.4, 0.5) is 11.4 Å². The maximum absolute atomic E-state index is 2.40. The molecule has 0 aromatic heterocycles. The molecular weight excluding hydrogens is 328 g/mol. The van der Waals surface area contributed by atoms with Gasteiger partial charge in [-0.3, -0.25) is 0 Å². The van der Waals surface area contributed by atoms with E-state index in [2.05, 4.69) is 112 Å². The van der Waals surface area contributed by atoms with Crippen LogP contribution >= 0.6 is 0 Å². The number of allylic oxidation sites excluding steroid dienone is 4. The minimum absolute atomic E-state index is 0.0455. The SMILES string of the molecule is CN1C(=CCC=C2N(C)c3ccccc3C2(C)C)C(C)(C)c2ccccc21. The molecule has 27 heavy (non-hydrogen) atoms. The highest BCUT2D eigenvalue weighted by atomic mass is 15.2. The standard InChI is InChI=1S/C25H30N2/c1-24(2)18-12-7-9-14-20(18)26(5)22(24)16-11-17-23-25(3,4)19-13-8-10-15-21(19)27(23)6/h7-10,12-17H,11H2,1-6H3. The van der Waals surface area contributed by atoms with E-state index in [1.165, 1.54) is 33.9 Å². The minimum atomic E-state index is 0.0455. The Balaban J connectivity index is 1.65. The van der Waals surface area contributed by atoms with E-state index in [-0.39, 0.29) is 10.8 Å². The summed E-state index contributed by atoms with van der Waals surface area (Å²) in [5.74, 6) is 0. The molecule has 0 saturated heterocycles. The van der Waals surface area contributed by atoms with Crippen LogP contribution in [0.5, 0.6) is 0 Å². The fourth-order valence-corrected chi connectivity index (χ4v) is 5.03. The molecule has 0 saturated carbocycles. The van der Waals surface area contributed by atoms with Gasteiger partial charge in [-0.1, -0.05) is 76.2 Å². The molecule has 0 bridgehead atoms. The van der Waals surface area contributed by atoms with Gasteiger partial charge in [-0.25, -0.2) is 0 Å². The van der Waals surface area contributed by atoms with Crippen molar-refractivity contribution in [2.75, 3.05) is 23.9 Å². The Hall–Kier alpha value is -2.48. The smallest absolute Gasteiger partial charge is 0.0447 e. The van der Waals surface area contributed by atoms with Crippen molar-refractivity contribution in [1.82, 2.24) is 0 Å². The lowest BCUT2D eigenvalue weighted by Crippen LogP contribution is -2.24. The topological polar surface area (TPSA) is 6.48 Å². The Morgan fingerprint density at radius 3 is 1.41 bits per heavy atom. The number of fused-ring (bicyclic) bond motifs is 2. The molecule has 0 spiro atoms. The molecule has 0 aliphatic carbocycles. The summed E-state index contributed by atoms with van der Waals surface area (Å²) >= 11 is 0. The molecule has 2 aliphatic rings. The van der Waals surface area contributed by atoms with Gasteiger partial charge in [0.25, 0.3) is 0 Å². The first-order valence-corrected chi connectivity index (χ1v) is 9.84. The molecule has 0 unspecified atom stereocenters. The van der Waals surface area contributed by atoms with Gasteiger partial charge in [0, 0.05) is 47.7 Å². The van der Waals surface area contributed by atoms with Crippen LogP contribution in [0, 0.1) is 0 Å². The van der Waals surface area contributed by atoms with E-state index in [4.69, 9.17) is 0 Å². The molecule has 2 aromatic rings. The van der Waals surface area contributed by atoms with Crippen molar-refractivity contribution in [1.29, 1.82) is 0 Å². The van der Waals surface area contributed by atoms with Gasteiger partial charge < -0.3 is 9.80 Å². The van der Waals surface area contributed by atoms with Crippen molar-refractivity contribution >= 4 is 11.4 Å². The Bertz CT molecular complexity index is 869. The van der Waals surface area contributed by atoms with Crippen LogP contribution in [0.2, 0.25) is 0 Å². The third-order valence-electron chi connectivity index (χ3n) is 6.50. The average molecular weight is 359 g/mol. The maximum Gasteiger partial charge on any atom is 0.0447 e. The van der Waals surface area contributed by atoms with Crippen molar-refractivity contribution in [2.45, 2.75) is 44.9 Å². The van der Waals surface area contributed by atoms with Crippen LogP contribution in [0.15, 0.2) is 72.1 Å². The van der Waals surface area contributed by atoms with Gasteiger partial charge in [0.2, 0.25) is 0 Å². The van der Waals surface area contributed by atoms with Crippen LogP contribution in [0.1, 0.15) is 45.2 Å². The zero-order valence-corrected chi connectivity index (χ0v) is 17.4. The summed E-state index contributed by atoms with van der Waals surface area (Å²) in [4.78, 5) is 4.71. The molecular formula is C25H30N2. The molecule has 2 aliphatic heterocycles. The molecule has 0 amide bonds. The zero-order valence-electron chi connectivity index (χ0n) is 17.4. The summed E-state index contributed by atoms with van der Waals surface area (Å²) in [6.45, 7) is 9.32. The predicted octanol–water partition coefficient (Wildman–Crippen LogP) is 6.00. The maximum atomic E-state index is 2.40. The lowest BCUT2D eigenvalue weighted by atomic mass is 9.82. The third kappa shape index (κ3) is 2.54. The number of hydrogen-bond acceptors (Lipinski definition) is 2. The van der Waals surface area contributed by atoms with Crippen LogP contribution in [0.3, 0.4) is 0 Å². The summed E-state index contributed by atoms with van der Waals surface area (Å²) in [6.07, 6.45) is 5.74. The van der Waals surface area contributed by atoms with E-state index in [0.29, 0.717) is 0 Å². The van der Waals surface area contributed by atoms with Gasteiger partial charge >= 0.3 is 0 Å². The molecule has 2 aromatic carbocycles. The van der Waals surface area contributed by atoms with E-state index >= 15 is 0 Å². The summed E-state index contributed by atoms with van der Waals surface area (Å²) < 4.78 is 0. The first-order valence-electron chi connectivity index (χ1n) is 9.84. The summed E-state index contributed by atoms with van der Waals surface area (Å²) in [6, 6.07) is 17.5. The Morgan fingerprint density at radius 2 is 1.04 bits per heavy atom. The van der Waals surface area contributed by atoms with Crippen molar-refractivity contribution in [3.63, 3.8) is 0 Å². The van der Waals surface area contributed by atoms with E-state index < -0.39 is 0 Å². The van der Waals surface area contributed by atoms with Gasteiger partial charge in [0.15, 0.2) is 0 Å². The average Bonchev–Trinajstić information content (AvgIpc) is 2.96. The molecule has 0 fully saturated rings. The molecule has 4 rings (SSSR count). The van der Waals surface area contributed by atoms with Crippen molar-refractivity contribution in [2.24, 2.45) is 0 Å². The van der Waals surface area contributed by atoms with Gasteiger partial charge in [-0.15, -0.1) is 0 Å². The highest BCUT2D eigenvalue weighted by Crippen LogP contribution is 2.48. The number of para-hydroxylation sites is 2. The van der Waals surface area contributed by atoms with Crippen LogP contribution in [-0.4, -0.2) is 14.1 Å². The highest BCUT2D eigenvalue weighted by Gasteiger charge is 2.39. The summed E-state index contributed by atoms with van der Waals surface area (Å²) in [7, 11) is 4.38. The number of likely N-dealkylation sites (N-methyl/N-ethyl adjacent to an activating group) is 2. The van der Waals surface area contributed by atoms with Crippen LogP contribution in [0.25, 0.3) is 0 Å². The van der Waals surface area contributed by atoms with Crippen molar-refractivity contribution < 1.29 is 0 Å². The minimum Gasteiger partial charge on any atom is -0.347 e. The molecule has 0 N–H and O–H groups in total. The largest absolute Gasteiger partial charge is 0.347 e. The number of hydrogen-bond donors (Lipinski definition) is 0. The van der Waals surface area contributed by atoms with Crippen LogP contribution < -0.4 is 9.80 Å². The van der Waals surface area contributed by atoms with Gasteiger partial charge in [-0.2, -0.15) is 0 Å². The van der Waals surface area contributed by atoms with Crippen molar-refractivity contribution in [3.05, 3.63) is 83.2 Å². The Labute approximate surface area is 163 Å². The molecule has 140 valence electrons. The van der Waals surface area contributed by atoms with E-state index in [0.717, 1.165) is 6.42 Å². The normalized spacial score (nSPS) is 22.4. The number of benzene rings is 2. The summed E-state index contributed by atoms with van der Waals surface area (Å²) in [5.41, 5.74) is 8.34. The van der Waals surface area contributed by atoms with Gasteiger partial charge in [-0.05, 0) is 29.7 Å². The Kier molecular flexibility index (Phi) is 3.99. The number of rotatable bonds is 2. The second-order valence-corrected chi connectivity index (χ2v) is 8.82. The second-order valence-electron chi connectivity index (χ2n) is 8.82. The van der Waals surface area contributed by atoms with Crippen molar-refractivity contribution in [3.8, 4) is 0 Å². The molecule has 0 radical (unpaired) electrons. The number of nitrogens with zero attached hydrogens (tertiary/aromatic N) is 2. The third-order valence-corrected chi connectivity index (χ3v) is 6.50.